The molecule has 0 aliphatic heterocycles. The number of hydrogen-bond acceptors (Lipinski definition) is 4. The van der Waals surface area contributed by atoms with Crippen LogP contribution in [0.4, 0.5) is 0 Å². The number of carboxylic acids is 1. The highest BCUT2D eigenvalue weighted by atomic mass is 16.6. The van der Waals surface area contributed by atoms with Gasteiger partial charge in [-0.25, -0.2) is 0 Å². The second-order valence-corrected chi connectivity index (χ2v) is 7.59. The number of hydrogen-bond donors (Lipinski definition) is 0. The number of carbonyl (C=O) groups is 2. The highest BCUT2D eigenvalue weighted by Crippen LogP contribution is 2.13. The van der Waals surface area contributed by atoms with Crippen LogP contribution in [0, 0.1) is 0 Å². The molecular weight excluding hydrogens is 330 g/mol. The number of ether oxygens (including phenoxy) is 1. The molecule has 0 radical (unpaired) electrons. The molecule has 0 aliphatic carbocycles. The molecule has 0 saturated carbocycles. The summed E-state index contributed by atoms with van der Waals surface area (Å²) >= 11 is 0. The minimum Gasteiger partial charge on any atom is -0.550 e. The summed E-state index contributed by atoms with van der Waals surface area (Å²) in [4.78, 5) is 22.6. The van der Waals surface area contributed by atoms with Gasteiger partial charge in [-0.3, -0.25) is 9.28 Å². The van der Waals surface area contributed by atoms with Crippen molar-refractivity contribution in [1.82, 2.24) is 0 Å². The minimum atomic E-state index is -1.13. The lowest BCUT2D eigenvalue weighted by atomic mass is 10.1. The molecule has 0 aliphatic rings. The molecule has 0 unspecified atom stereocenters. The minimum absolute atomic E-state index is 0.121. The number of nitrogens with zero attached hydrogens (tertiary/aromatic N) is 1. The lowest BCUT2D eigenvalue weighted by Crippen LogP contribution is -2.48. The van der Waals surface area contributed by atoms with Crippen molar-refractivity contribution in [3.05, 3.63) is 24.3 Å². The summed E-state index contributed by atoms with van der Waals surface area (Å²) in [6.07, 6.45) is 16.3. The maximum Gasteiger partial charge on any atom is 0.314 e. The van der Waals surface area contributed by atoms with Gasteiger partial charge in [-0.15, -0.1) is 0 Å². The molecule has 0 bridgehead atoms. The molecule has 5 nitrogen and oxygen atoms in total. The van der Waals surface area contributed by atoms with E-state index in [-0.39, 0.29) is 25.2 Å². The third kappa shape index (κ3) is 14.7. The Morgan fingerprint density at radius 2 is 1.62 bits per heavy atom. The Morgan fingerprint density at radius 1 is 1.00 bits per heavy atom. The van der Waals surface area contributed by atoms with Crippen molar-refractivity contribution in [2.75, 3.05) is 21.1 Å². The smallest absolute Gasteiger partial charge is 0.314 e. The number of allylic oxidation sites excluding steroid dienone is 3. The monoisotopic (exact) mass is 367 g/mol. The van der Waals surface area contributed by atoms with Crippen LogP contribution in [0.3, 0.4) is 0 Å². The van der Waals surface area contributed by atoms with Gasteiger partial charge >= 0.3 is 5.97 Å². The molecule has 0 fully saturated rings. The van der Waals surface area contributed by atoms with E-state index in [9.17, 15) is 14.7 Å². The van der Waals surface area contributed by atoms with Crippen molar-refractivity contribution >= 4 is 11.9 Å². The van der Waals surface area contributed by atoms with Gasteiger partial charge < -0.3 is 14.6 Å². The number of carbonyl (C=O) groups excluding carboxylic acids is 2. The highest BCUT2D eigenvalue weighted by molar-refractivity contribution is 5.71. The van der Waals surface area contributed by atoms with Crippen molar-refractivity contribution in [3.8, 4) is 0 Å². The van der Waals surface area contributed by atoms with E-state index < -0.39 is 12.2 Å². The number of unbranched alkanes of at least 4 members (excludes halogenated alkanes) is 6. The summed E-state index contributed by atoms with van der Waals surface area (Å²) < 4.78 is 5.79. The molecule has 0 aromatic carbocycles. The van der Waals surface area contributed by atoms with E-state index in [1.54, 1.807) is 6.08 Å². The molecule has 0 spiro atoms. The first-order valence-electron chi connectivity index (χ1n) is 9.79. The number of esters is 1. The van der Waals surface area contributed by atoms with E-state index >= 15 is 0 Å². The first-order valence-corrected chi connectivity index (χ1v) is 9.79. The first-order chi connectivity index (χ1) is 12.3. The van der Waals surface area contributed by atoms with Gasteiger partial charge in [0.15, 0.2) is 0 Å². The van der Waals surface area contributed by atoms with Gasteiger partial charge in [-0.05, 0) is 19.3 Å². The fraction of sp³-hybridized carbons (Fsp3) is 0.714. The lowest BCUT2D eigenvalue weighted by Gasteiger charge is -2.33. The molecule has 0 rings (SSSR count). The van der Waals surface area contributed by atoms with Gasteiger partial charge in [0.1, 0.15) is 0 Å². The van der Waals surface area contributed by atoms with E-state index in [0.717, 1.165) is 6.42 Å². The summed E-state index contributed by atoms with van der Waals surface area (Å²) in [5.74, 6) is -1.48. The molecule has 0 saturated heterocycles. The molecule has 5 heteroatoms. The molecule has 0 amide bonds. The number of rotatable bonds is 15. The second kappa shape index (κ2) is 14.5. The van der Waals surface area contributed by atoms with Crippen molar-refractivity contribution in [2.45, 2.75) is 77.4 Å². The largest absolute Gasteiger partial charge is 0.550 e. The molecule has 150 valence electrons. The molecule has 26 heavy (non-hydrogen) atoms. The number of quaternary nitrogens is 1. The molecule has 0 aromatic heterocycles. The summed E-state index contributed by atoms with van der Waals surface area (Å²) in [5.41, 5.74) is 0. The Hall–Kier alpha value is -1.62. The van der Waals surface area contributed by atoms with Gasteiger partial charge in [0, 0.05) is 12.4 Å². The average molecular weight is 368 g/mol. The Kier molecular flexibility index (Phi) is 13.6. The van der Waals surface area contributed by atoms with E-state index in [4.69, 9.17) is 4.74 Å². The van der Waals surface area contributed by atoms with Gasteiger partial charge in [0.2, 0.25) is 6.23 Å². The van der Waals surface area contributed by atoms with Gasteiger partial charge in [-0.2, -0.15) is 0 Å². The van der Waals surface area contributed by atoms with Crippen LogP contribution in [0.2, 0.25) is 0 Å². The number of aliphatic carboxylic acids is 1. The van der Waals surface area contributed by atoms with E-state index in [0.29, 0.717) is 4.48 Å². The van der Waals surface area contributed by atoms with Crippen molar-refractivity contribution in [2.24, 2.45) is 0 Å². The van der Waals surface area contributed by atoms with E-state index in [1.807, 2.05) is 33.3 Å². The molecule has 0 N–H and O–H groups in total. The summed E-state index contributed by atoms with van der Waals surface area (Å²) in [6, 6.07) is 0. The zero-order chi connectivity index (χ0) is 19.8. The Balaban J connectivity index is 4.01. The SMILES string of the molecule is CCCCCCCC/C=C/C=C/CC(=O)O[C@@H](CCC(=O)[O-])[N+](C)(C)C. The van der Waals surface area contributed by atoms with Crippen LogP contribution in [-0.4, -0.2) is 43.8 Å². The summed E-state index contributed by atoms with van der Waals surface area (Å²) in [6.45, 7) is 2.22. The molecule has 0 aromatic rings. The quantitative estimate of drug-likeness (QED) is 0.146. The standard InChI is InChI=1S/C21H37NO4/c1-5-6-7-8-9-10-11-12-13-14-15-16-21(25)26-19(22(2,3)4)17-18-20(23)24/h12-15,19H,5-11,16-18H2,1-4H3/b13-12+,15-14+/t19-/m0/s1. The van der Waals surface area contributed by atoms with Crippen molar-refractivity contribution in [1.29, 1.82) is 0 Å². The van der Waals surface area contributed by atoms with Gasteiger partial charge in [-0.1, -0.05) is 63.3 Å². The Bertz CT molecular complexity index is 449. The summed E-state index contributed by atoms with van der Waals surface area (Å²) in [5, 5.41) is 10.6. The Labute approximate surface area is 159 Å². The van der Waals surface area contributed by atoms with Crippen LogP contribution in [0.5, 0.6) is 0 Å². The van der Waals surface area contributed by atoms with Crippen LogP contribution in [-0.2, 0) is 14.3 Å². The highest BCUT2D eigenvalue weighted by Gasteiger charge is 2.26. The zero-order valence-electron chi connectivity index (χ0n) is 17.0. The predicted molar refractivity (Wildman–Crippen MR) is 103 cm³/mol. The first kappa shape index (κ1) is 24.4. The summed E-state index contributed by atoms with van der Waals surface area (Å²) in [7, 11) is 5.61. The Morgan fingerprint density at radius 3 is 2.23 bits per heavy atom. The average Bonchev–Trinajstić information content (AvgIpc) is 2.55. The zero-order valence-corrected chi connectivity index (χ0v) is 17.0. The maximum absolute atomic E-state index is 11.9. The molecule has 1 atom stereocenters. The van der Waals surface area contributed by atoms with Crippen LogP contribution in [0.15, 0.2) is 24.3 Å². The molecular formula is C21H37NO4. The van der Waals surface area contributed by atoms with Crippen LogP contribution in [0.25, 0.3) is 0 Å². The van der Waals surface area contributed by atoms with Crippen LogP contribution >= 0.6 is 0 Å². The van der Waals surface area contributed by atoms with Crippen LogP contribution in [0.1, 0.15) is 71.1 Å². The van der Waals surface area contributed by atoms with Gasteiger partial charge in [0.05, 0.1) is 27.6 Å². The topological polar surface area (TPSA) is 66.4 Å². The van der Waals surface area contributed by atoms with Gasteiger partial charge in [0.25, 0.3) is 0 Å². The van der Waals surface area contributed by atoms with E-state index in [2.05, 4.69) is 13.0 Å². The fourth-order valence-corrected chi connectivity index (χ4v) is 2.51. The molecule has 0 heterocycles. The van der Waals surface area contributed by atoms with Crippen molar-refractivity contribution < 1.29 is 23.9 Å². The normalized spacial score (nSPS) is 13.4. The second-order valence-electron chi connectivity index (χ2n) is 7.59. The fourth-order valence-electron chi connectivity index (χ4n) is 2.51. The number of carboxylic acid groups (broad SMARTS) is 1. The lowest BCUT2D eigenvalue weighted by molar-refractivity contribution is -0.917. The van der Waals surface area contributed by atoms with Crippen molar-refractivity contribution in [3.63, 3.8) is 0 Å². The third-order valence-electron chi connectivity index (χ3n) is 4.12. The maximum atomic E-state index is 11.9. The van der Waals surface area contributed by atoms with Crippen LogP contribution < -0.4 is 5.11 Å². The third-order valence-corrected chi connectivity index (χ3v) is 4.12. The van der Waals surface area contributed by atoms with E-state index in [1.165, 1.54) is 38.5 Å². The predicted octanol–water partition coefficient (Wildman–Crippen LogP) is 3.35.